The molecule has 0 radical (unpaired) electrons. The van der Waals surface area contributed by atoms with Crippen LogP contribution in [-0.4, -0.2) is 20.1 Å². The van der Waals surface area contributed by atoms with E-state index in [1.807, 2.05) is 78.9 Å². The third-order valence-electron chi connectivity index (χ3n) is 5.48. The Labute approximate surface area is 219 Å². The summed E-state index contributed by atoms with van der Waals surface area (Å²) >= 11 is 0. The second-order valence-corrected chi connectivity index (χ2v) is 8.14. The fourth-order valence-corrected chi connectivity index (χ4v) is 3.54. The maximum atomic E-state index is 10.9. The minimum atomic E-state index is -0.524. The molecule has 0 saturated carbocycles. The van der Waals surface area contributed by atoms with Crippen LogP contribution in [0.1, 0.15) is 22.3 Å². The largest absolute Gasteiger partial charge is 0.507 e. The van der Waals surface area contributed by atoms with Crippen molar-refractivity contribution in [2.24, 2.45) is 0 Å². The maximum Gasteiger partial charge on any atom is 0.276 e. The average Bonchev–Trinajstić information content (AvgIpc) is 2.92. The van der Waals surface area contributed by atoms with E-state index in [2.05, 4.69) is 0 Å². The first-order valence-electron chi connectivity index (χ1n) is 11.7. The van der Waals surface area contributed by atoms with E-state index in [4.69, 9.17) is 0 Å². The van der Waals surface area contributed by atoms with Crippen molar-refractivity contribution in [3.8, 4) is 11.5 Å². The first kappa shape index (κ1) is 27.3. The number of phenolic OH excluding ortho intramolecular Hbond substituents is 2. The van der Waals surface area contributed by atoms with Crippen LogP contribution in [0, 0.1) is 20.2 Å². The monoisotopic (exact) mass is 510 g/mol. The Balaban J connectivity index is 0.000000211. The SMILES string of the molecule is O=[N+]([O-])c1ccc(C/C=C/c2ccccc2)c(O)c1.O=[N+]([O-])c1cccc(O)c1C/C=C/c1ccccc1. The van der Waals surface area contributed by atoms with Crippen LogP contribution in [0.3, 0.4) is 0 Å². The molecule has 0 aliphatic rings. The molecule has 0 amide bonds. The van der Waals surface area contributed by atoms with Crippen molar-refractivity contribution in [1.29, 1.82) is 0 Å². The highest BCUT2D eigenvalue weighted by molar-refractivity contribution is 5.54. The van der Waals surface area contributed by atoms with Crippen LogP contribution in [0.15, 0.2) is 109 Å². The van der Waals surface area contributed by atoms with Crippen LogP contribution in [0.4, 0.5) is 11.4 Å². The van der Waals surface area contributed by atoms with Gasteiger partial charge in [-0.05, 0) is 35.2 Å². The molecular weight excluding hydrogens is 484 g/mol. The number of nitro groups is 2. The smallest absolute Gasteiger partial charge is 0.276 e. The van der Waals surface area contributed by atoms with E-state index < -0.39 is 9.85 Å². The molecule has 0 unspecified atom stereocenters. The van der Waals surface area contributed by atoms with Gasteiger partial charge in [0.05, 0.1) is 21.5 Å². The number of nitro benzene ring substituents is 2. The summed E-state index contributed by atoms with van der Waals surface area (Å²) in [5, 5.41) is 40.8. The van der Waals surface area contributed by atoms with Gasteiger partial charge in [-0.3, -0.25) is 20.2 Å². The van der Waals surface area contributed by atoms with Crippen LogP contribution in [0.2, 0.25) is 0 Å². The van der Waals surface area contributed by atoms with E-state index in [-0.39, 0.29) is 22.9 Å². The zero-order valence-corrected chi connectivity index (χ0v) is 20.4. The topological polar surface area (TPSA) is 127 Å². The third-order valence-corrected chi connectivity index (χ3v) is 5.48. The maximum absolute atomic E-state index is 10.9. The fourth-order valence-electron chi connectivity index (χ4n) is 3.54. The third kappa shape index (κ3) is 8.17. The summed E-state index contributed by atoms with van der Waals surface area (Å²) in [6, 6.07) is 27.9. The van der Waals surface area contributed by atoms with Crippen molar-refractivity contribution in [2.75, 3.05) is 0 Å². The molecule has 38 heavy (non-hydrogen) atoms. The predicted octanol–water partition coefficient (Wildman–Crippen LogP) is 7.11. The molecule has 0 spiro atoms. The molecule has 0 aromatic heterocycles. The molecule has 192 valence electrons. The normalized spacial score (nSPS) is 10.7. The number of hydrogen-bond acceptors (Lipinski definition) is 6. The van der Waals surface area contributed by atoms with Crippen LogP contribution in [0.5, 0.6) is 11.5 Å². The number of non-ortho nitro benzene ring substituents is 1. The molecule has 4 aromatic carbocycles. The van der Waals surface area contributed by atoms with Gasteiger partial charge >= 0.3 is 0 Å². The summed E-state index contributed by atoms with van der Waals surface area (Å²) in [4.78, 5) is 20.4. The summed E-state index contributed by atoms with van der Waals surface area (Å²) < 4.78 is 0. The van der Waals surface area contributed by atoms with Gasteiger partial charge in [-0.25, -0.2) is 0 Å². The fraction of sp³-hybridized carbons (Fsp3) is 0.0667. The molecule has 0 atom stereocenters. The van der Waals surface area contributed by atoms with Gasteiger partial charge in [-0.1, -0.05) is 91.0 Å². The Bertz CT molecular complexity index is 1430. The molecule has 0 bridgehead atoms. The number of hydrogen-bond donors (Lipinski definition) is 2. The zero-order chi connectivity index (χ0) is 27.3. The first-order chi connectivity index (χ1) is 18.3. The summed E-state index contributed by atoms with van der Waals surface area (Å²) in [6.07, 6.45) is 8.38. The Morgan fingerprint density at radius 3 is 1.74 bits per heavy atom. The van der Waals surface area contributed by atoms with E-state index in [1.54, 1.807) is 12.1 Å². The Hall–Kier alpha value is -5.24. The molecule has 8 heteroatoms. The van der Waals surface area contributed by atoms with Gasteiger partial charge in [-0.2, -0.15) is 0 Å². The molecule has 0 saturated heterocycles. The molecular formula is C30H26N2O6. The van der Waals surface area contributed by atoms with Gasteiger partial charge < -0.3 is 10.2 Å². The quantitative estimate of drug-likeness (QED) is 0.192. The lowest BCUT2D eigenvalue weighted by molar-refractivity contribution is -0.385. The van der Waals surface area contributed by atoms with Gasteiger partial charge in [0.2, 0.25) is 0 Å². The van der Waals surface area contributed by atoms with Crippen LogP contribution in [-0.2, 0) is 12.8 Å². The number of allylic oxidation sites excluding steroid dienone is 2. The van der Waals surface area contributed by atoms with Gasteiger partial charge in [0.15, 0.2) is 0 Å². The number of benzene rings is 4. The number of nitrogens with zero attached hydrogens (tertiary/aromatic N) is 2. The number of phenols is 2. The number of rotatable bonds is 8. The van der Waals surface area contributed by atoms with E-state index in [0.29, 0.717) is 24.0 Å². The van der Waals surface area contributed by atoms with Crippen LogP contribution < -0.4 is 0 Å². The van der Waals surface area contributed by atoms with Gasteiger partial charge in [0.1, 0.15) is 11.5 Å². The summed E-state index contributed by atoms with van der Waals surface area (Å²) in [7, 11) is 0. The molecule has 0 aliphatic heterocycles. The minimum absolute atomic E-state index is 0.0492. The summed E-state index contributed by atoms with van der Waals surface area (Å²) in [5.74, 6) is -0.0983. The minimum Gasteiger partial charge on any atom is -0.507 e. The lowest BCUT2D eigenvalue weighted by atomic mass is 10.1. The van der Waals surface area contributed by atoms with Gasteiger partial charge in [0.25, 0.3) is 11.4 Å². The Morgan fingerprint density at radius 2 is 1.21 bits per heavy atom. The lowest BCUT2D eigenvalue weighted by Crippen LogP contribution is -1.94. The van der Waals surface area contributed by atoms with Crippen molar-refractivity contribution >= 4 is 23.5 Å². The highest BCUT2D eigenvalue weighted by Crippen LogP contribution is 2.28. The van der Waals surface area contributed by atoms with Crippen molar-refractivity contribution in [3.05, 3.63) is 152 Å². The van der Waals surface area contributed by atoms with E-state index in [0.717, 1.165) is 11.1 Å². The average molecular weight is 511 g/mol. The van der Waals surface area contributed by atoms with Crippen molar-refractivity contribution < 1.29 is 20.1 Å². The van der Waals surface area contributed by atoms with Crippen molar-refractivity contribution in [2.45, 2.75) is 12.8 Å². The summed E-state index contributed by atoms with van der Waals surface area (Å²) in [6.45, 7) is 0. The van der Waals surface area contributed by atoms with Gasteiger partial charge in [-0.15, -0.1) is 0 Å². The molecule has 0 heterocycles. The van der Waals surface area contributed by atoms with Crippen LogP contribution >= 0.6 is 0 Å². The Morgan fingerprint density at radius 1 is 0.632 bits per heavy atom. The second kappa shape index (κ2) is 13.7. The van der Waals surface area contributed by atoms with E-state index >= 15 is 0 Å². The molecule has 8 nitrogen and oxygen atoms in total. The number of aromatic hydroxyl groups is 2. The highest BCUT2D eigenvalue weighted by Gasteiger charge is 2.15. The Kier molecular flexibility index (Phi) is 9.89. The molecule has 4 aromatic rings. The standard InChI is InChI=1S/2C15H13NO3/c17-15-11-5-10-14(16(18)19)13(15)9-4-8-12-6-2-1-3-7-12;17-15-11-14(16(18)19)10-9-13(15)8-4-7-12-5-2-1-3-6-12/h1-8,10-11,17H,9H2;1-7,9-11,17H,8H2/b8-4+;7-4+. The second-order valence-electron chi connectivity index (χ2n) is 8.14. The van der Waals surface area contributed by atoms with Crippen LogP contribution in [0.25, 0.3) is 12.2 Å². The highest BCUT2D eigenvalue weighted by atomic mass is 16.6. The molecule has 0 aliphatic carbocycles. The summed E-state index contributed by atoms with van der Waals surface area (Å²) in [5.41, 5.74) is 2.92. The molecule has 0 fully saturated rings. The zero-order valence-electron chi connectivity index (χ0n) is 20.4. The van der Waals surface area contributed by atoms with Crippen molar-refractivity contribution in [1.82, 2.24) is 0 Å². The predicted molar refractivity (Wildman–Crippen MR) is 148 cm³/mol. The lowest BCUT2D eigenvalue weighted by Gasteiger charge is -2.02. The van der Waals surface area contributed by atoms with Crippen molar-refractivity contribution in [3.63, 3.8) is 0 Å². The molecule has 2 N–H and O–H groups in total. The van der Waals surface area contributed by atoms with E-state index in [9.17, 15) is 30.4 Å². The van der Waals surface area contributed by atoms with Gasteiger partial charge in [0, 0.05) is 18.6 Å². The molecule has 4 rings (SSSR count). The van der Waals surface area contributed by atoms with E-state index in [1.165, 1.54) is 30.3 Å². The first-order valence-corrected chi connectivity index (χ1v) is 11.7.